The molecule has 0 saturated carbocycles. The van der Waals surface area contributed by atoms with Crippen LogP contribution >= 0.6 is 11.8 Å². The summed E-state index contributed by atoms with van der Waals surface area (Å²) in [7, 11) is 0. The van der Waals surface area contributed by atoms with Crippen molar-refractivity contribution in [3.05, 3.63) is 47.1 Å². The third kappa shape index (κ3) is 3.32. The van der Waals surface area contributed by atoms with Crippen LogP contribution < -0.4 is 5.32 Å². The summed E-state index contributed by atoms with van der Waals surface area (Å²) in [6.07, 6.45) is 11.7. The average Bonchev–Trinajstić information content (AvgIpc) is 3.04. The quantitative estimate of drug-likeness (QED) is 0.844. The van der Waals surface area contributed by atoms with Crippen LogP contribution in [0.3, 0.4) is 0 Å². The van der Waals surface area contributed by atoms with Crippen LogP contribution in [0.5, 0.6) is 0 Å². The molecule has 5 heteroatoms. The normalized spacial score (nSPS) is 18.2. The molecule has 2 aliphatic rings. The maximum absolute atomic E-state index is 12.2. The van der Waals surface area contributed by atoms with Gasteiger partial charge in [-0.25, -0.2) is 4.98 Å². The molecule has 4 nitrogen and oxygen atoms in total. The van der Waals surface area contributed by atoms with Crippen LogP contribution in [-0.2, 0) is 4.79 Å². The average molecular weight is 339 g/mol. The monoisotopic (exact) mass is 339 g/mol. The molecule has 1 N–H and O–H groups in total. The minimum absolute atomic E-state index is 0.229. The van der Waals surface area contributed by atoms with Gasteiger partial charge in [0.05, 0.1) is 16.9 Å². The second-order valence-corrected chi connectivity index (χ2v) is 7.51. The first-order valence-corrected chi connectivity index (χ1v) is 9.39. The van der Waals surface area contributed by atoms with Gasteiger partial charge in [-0.1, -0.05) is 17.8 Å². The van der Waals surface area contributed by atoms with Gasteiger partial charge in [-0.3, -0.25) is 9.20 Å². The predicted octanol–water partition coefficient (Wildman–Crippen LogP) is 3.69. The Balaban J connectivity index is 1.39. The standard InChI is InChI=1S/C19H21N3OS/c23-16(5-4-14-8-10-20-11-9-14)6-7-17-12-15-13-21-18-2-1-3-19(24-17)22(15)18/h1-3,6-7,12-14,20H,4-5,8-11H2. The number of rotatable bonds is 5. The lowest BCUT2D eigenvalue weighted by Crippen LogP contribution is -2.27. The van der Waals surface area contributed by atoms with E-state index in [1.54, 1.807) is 17.8 Å². The smallest absolute Gasteiger partial charge is 0.155 e. The van der Waals surface area contributed by atoms with E-state index in [-0.39, 0.29) is 5.78 Å². The van der Waals surface area contributed by atoms with E-state index in [0.717, 1.165) is 40.8 Å². The SMILES string of the molecule is O=C(C=CC1=Cc2cnc3cccc(n23)S1)CCC1CCNCC1. The van der Waals surface area contributed by atoms with Crippen molar-refractivity contribution < 1.29 is 4.79 Å². The number of allylic oxidation sites excluding steroid dienone is 2. The Morgan fingerprint density at radius 1 is 1.38 bits per heavy atom. The van der Waals surface area contributed by atoms with Crippen molar-refractivity contribution in [2.75, 3.05) is 13.1 Å². The molecule has 0 spiro atoms. The molecule has 24 heavy (non-hydrogen) atoms. The first-order chi connectivity index (χ1) is 11.8. The summed E-state index contributed by atoms with van der Waals surface area (Å²) >= 11 is 1.68. The van der Waals surface area contributed by atoms with E-state index in [9.17, 15) is 4.79 Å². The Kier molecular flexibility index (Phi) is 4.54. The number of piperidine rings is 1. The molecule has 0 radical (unpaired) electrons. The molecule has 0 atom stereocenters. The zero-order valence-corrected chi connectivity index (χ0v) is 14.4. The molecule has 2 aromatic rings. The number of aromatic nitrogens is 2. The molecule has 4 heterocycles. The molecule has 4 rings (SSSR count). The summed E-state index contributed by atoms with van der Waals surface area (Å²) in [6.45, 7) is 2.19. The van der Waals surface area contributed by atoms with Gasteiger partial charge in [-0.2, -0.15) is 0 Å². The lowest BCUT2D eigenvalue weighted by Gasteiger charge is -2.21. The number of pyridine rings is 1. The highest BCUT2D eigenvalue weighted by Gasteiger charge is 2.15. The first kappa shape index (κ1) is 15.7. The van der Waals surface area contributed by atoms with Crippen LogP contribution in [0.2, 0.25) is 0 Å². The fourth-order valence-corrected chi connectivity index (χ4v) is 4.36. The maximum Gasteiger partial charge on any atom is 0.155 e. The van der Waals surface area contributed by atoms with Gasteiger partial charge in [0, 0.05) is 11.3 Å². The third-order valence-electron chi connectivity index (χ3n) is 4.72. The Bertz CT molecular complexity index is 815. The van der Waals surface area contributed by atoms with Crippen LogP contribution in [0.25, 0.3) is 11.7 Å². The Morgan fingerprint density at radius 3 is 3.12 bits per heavy atom. The molecule has 1 saturated heterocycles. The van der Waals surface area contributed by atoms with E-state index in [2.05, 4.69) is 26.8 Å². The third-order valence-corrected chi connectivity index (χ3v) is 5.74. The zero-order chi connectivity index (χ0) is 16.4. The van der Waals surface area contributed by atoms with Gasteiger partial charge in [0.2, 0.25) is 0 Å². The number of hydrogen-bond donors (Lipinski definition) is 1. The number of ketones is 1. The van der Waals surface area contributed by atoms with E-state index in [1.807, 2.05) is 24.4 Å². The Labute approximate surface area is 146 Å². The van der Waals surface area contributed by atoms with Crippen molar-refractivity contribution in [3.8, 4) is 0 Å². The molecular formula is C19H21N3OS. The summed E-state index contributed by atoms with van der Waals surface area (Å²) in [5.74, 6) is 0.936. The van der Waals surface area contributed by atoms with Crippen LogP contribution in [-0.4, -0.2) is 28.3 Å². The minimum Gasteiger partial charge on any atom is -0.317 e. The second-order valence-electron chi connectivity index (χ2n) is 6.42. The van der Waals surface area contributed by atoms with E-state index in [4.69, 9.17) is 0 Å². The summed E-state index contributed by atoms with van der Waals surface area (Å²) in [5, 5.41) is 4.51. The predicted molar refractivity (Wildman–Crippen MR) is 98.0 cm³/mol. The molecule has 0 aliphatic carbocycles. The summed E-state index contributed by atoms with van der Waals surface area (Å²) in [6, 6.07) is 6.11. The van der Waals surface area contributed by atoms with Gasteiger partial charge in [-0.05, 0) is 68.6 Å². The summed E-state index contributed by atoms with van der Waals surface area (Å²) in [5.41, 5.74) is 2.04. The largest absolute Gasteiger partial charge is 0.317 e. The maximum atomic E-state index is 12.2. The number of hydrogen-bond acceptors (Lipinski definition) is 4. The highest BCUT2D eigenvalue weighted by atomic mass is 32.2. The van der Waals surface area contributed by atoms with Crippen molar-refractivity contribution in [2.24, 2.45) is 5.92 Å². The molecule has 0 aromatic carbocycles. The van der Waals surface area contributed by atoms with E-state index >= 15 is 0 Å². The van der Waals surface area contributed by atoms with Crippen LogP contribution in [0.4, 0.5) is 0 Å². The number of nitrogens with one attached hydrogen (secondary N) is 1. The van der Waals surface area contributed by atoms with Crippen molar-refractivity contribution in [2.45, 2.75) is 30.7 Å². The fourth-order valence-electron chi connectivity index (χ4n) is 3.36. The summed E-state index contributed by atoms with van der Waals surface area (Å²) < 4.78 is 2.14. The van der Waals surface area contributed by atoms with Gasteiger partial charge in [0.25, 0.3) is 0 Å². The van der Waals surface area contributed by atoms with Crippen LogP contribution in [0.15, 0.2) is 46.5 Å². The van der Waals surface area contributed by atoms with Crippen LogP contribution in [0, 0.1) is 5.92 Å². The van der Waals surface area contributed by atoms with Gasteiger partial charge < -0.3 is 5.32 Å². The van der Waals surface area contributed by atoms with Crippen molar-refractivity contribution in [1.82, 2.24) is 14.7 Å². The van der Waals surface area contributed by atoms with Gasteiger partial charge in [-0.15, -0.1) is 0 Å². The Morgan fingerprint density at radius 2 is 2.25 bits per heavy atom. The van der Waals surface area contributed by atoms with E-state index in [1.165, 1.54) is 12.8 Å². The number of carbonyl (C=O) groups excluding carboxylic acids is 1. The molecule has 0 bridgehead atoms. The van der Waals surface area contributed by atoms with Crippen molar-refractivity contribution >= 4 is 29.3 Å². The molecule has 1 fully saturated rings. The van der Waals surface area contributed by atoms with E-state index < -0.39 is 0 Å². The number of thioether (sulfide) groups is 1. The first-order valence-electron chi connectivity index (χ1n) is 8.57. The van der Waals surface area contributed by atoms with E-state index in [0.29, 0.717) is 12.3 Å². The second kappa shape index (κ2) is 6.95. The zero-order valence-electron chi connectivity index (χ0n) is 13.6. The van der Waals surface area contributed by atoms with Gasteiger partial charge in [0.15, 0.2) is 5.78 Å². The molecule has 124 valence electrons. The lowest BCUT2D eigenvalue weighted by atomic mass is 9.92. The molecule has 0 unspecified atom stereocenters. The number of imidazole rings is 1. The topological polar surface area (TPSA) is 46.4 Å². The molecular weight excluding hydrogens is 318 g/mol. The Hall–Kier alpha value is -1.85. The number of carbonyl (C=O) groups is 1. The minimum atomic E-state index is 0.229. The molecule has 2 aliphatic heterocycles. The summed E-state index contributed by atoms with van der Waals surface area (Å²) in [4.78, 5) is 17.7. The van der Waals surface area contributed by atoms with Crippen molar-refractivity contribution in [1.29, 1.82) is 0 Å². The molecule has 2 aromatic heterocycles. The van der Waals surface area contributed by atoms with Crippen LogP contribution in [0.1, 0.15) is 31.4 Å². The highest BCUT2D eigenvalue weighted by molar-refractivity contribution is 8.03. The fraction of sp³-hybridized carbons (Fsp3) is 0.368. The molecule has 0 amide bonds. The van der Waals surface area contributed by atoms with Gasteiger partial charge >= 0.3 is 0 Å². The van der Waals surface area contributed by atoms with Crippen molar-refractivity contribution in [3.63, 3.8) is 0 Å². The highest BCUT2D eigenvalue weighted by Crippen LogP contribution is 2.34. The van der Waals surface area contributed by atoms with Gasteiger partial charge in [0.1, 0.15) is 5.65 Å². The lowest BCUT2D eigenvalue weighted by molar-refractivity contribution is -0.114. The number of nitrogens with zero attached hydrogens (tertiary/aromatic N) is 2.